The van der Waals surface area contributed by atoms with E-state index in [1.807, 2.05) is 0 Å². The Morgan fingerprint density at radius 3 is 2.22 bits per heavy atom. The number of anilines is 2. The summed E-state index contributed by atoms with van der Waals surface area (Å²) in [5, 5.41) is 4.95. The normalized spacial score (nSPS) is 19.9. The third-order valence-electron chi connectivity index (χ3n) is 4.48. The highest BCUT2D eigenvalue weighted by atomic mass is 19.1. The van der Waals surface area contributed by atoms with Crippen LogP contribution in [-0.2, 0) is 9.59 Å². The number of carbonyl (C=O) groups excluding carboxylic acids is 2. The Labute approximate surface area is 153 Å². The quantitative estimate of drug-likeness (QED) is 0.863. The molecule has 2 atom stereocenters. The fraction of sp³-hybridized carbons (Fsp3) is 0.263. The van der Waals surface area contributed by atoms with Gasteiger partial charge in [-0.3, -0.25) is 9.59 Å². The molecule has 2 aliphatic rings. The Bertz CT molecular complexity index is 898. The molecule has 0 radical (unpaired) electrons. The number of amides is 2. The van der Waals surface area contributed by atoms with Gasteiger partial charge in [-0.2, -0.15) is 0 Å². The van der Waals surface area contributed by atoms with E-state index in [1.54, 1.807) is 18.2 Å². The van der Waals surface area contributed by atoms with Crippen LogP contribution in [0, 0.1) is 23.5 Å². The lowest BCUT2D eigenvalue weighted by Crippen LogP contribution is -2.21. The largest absolute Gasteiger partial charge is 0.486 e. The zero-order chi connectivity index (χ0) is 19.0. The van der Waals surface area contributed by atoms with Crippen molar-refractivity contribution in [3.05, 3.63) is 48.0 Å². The first-order valence-electron chi connectivity index (χ1n) is 8.48. The molecule has 0 spiro atoms. The number of benzene rings is 2. The van der Waals surface area contributed by atoms with Crippen molar-refractivity contribution in [3.63, 3.8) is 0 Å². The number of hydrogen-bond donors (Lipinski definition) is 2. The first-order chi connectivity index (χ1) is 13.0. The minimum absolute atomic E-state index is 0.318. The molecule has 27 heavy (non-hydrogen) atoms. The monoisotopic (exact) mass is 374 g/mol. The fourth-order valence-corrected chi connectivity index (χ4v) is 2.96. The number of halogens is 2. The predicted octanol–water partition coefficient (Wildman–Crippen LogP) is 2.95. The summed E-state index contributed by atoms with van der Waals surface area (Å²) in [6.07, 6.45) is 0.318. The summed E-state index contributed by atoms with van der Waals surface area (Å²) in [6.45, 7) is 0.905. The van der Waals surface area contributed by atoms with Crippen LogP contribution in [0.15, 0.2) is 36.4 Å². The van der Waals surface area contributed by atoms with Gasteiger partial charge in [0.25, 0.3) is 0 Å². The molecule has 0 bridgehead atoms. The van der Waals surface area contributed by atoms with Crippen LogP contribution >= 0.6 is 0 Å². The van der Waals surface area contributed by atoms with Crippen LogP contribution in [-0.4, -0.2) is 25.0 Å². The molecule has 2 aromatic carbocycles. The van der Waals surface area contributed by atoms with E-state index in [9.17, 15) is 18.4 Å². The van der Waals surface area contributed by atoms with Crippen molar-refractivity contribution in [3.8, 4) is 11.5 Å². The molecule has 2 N–H and O–H groups in total. The van der Waals surface area contributed by atoms with Gasteiger partial charge in [0.2, 0.25) is 11.8 Å². The highest BCUT2D eigenvalue weighted by molar-refractivity contribution is 6.03. The van der Waals surface area contributed by atoms with Crippen LogP contribution in [0.2, 0.25) is 0 Å². The number of para-hydroxylation sites is 1. The lowest BCUT2D eigenvalue weighted by Gasteiger charge is -2.19. The fourth-order valence-electron chi connectivity index (χ4n) is 2.96. The summed E-state index contributed by atoms with van der Waals surface area (Å²) in [5.41, 5.74) is 0.0239. The Hall–Kier alpha value is -3.16. The van der Waals surface area contributed by atoms with E-state index < -0.39 is 35.1 Å². The lowest BCUT2D eigenvalue weighted by atomic mass is 10.2. The first kappa shape index (κ1) is 17.3. The molecule has 8 heteroatoms. The first-order valence-corrected chi connectivity index (χ1v) is 8.48. The summed E-state index contributed by atoms with van der Waals surface area (Å²) >= 11 is 0. The van der Waals surface area contributed by atoms with Gasteiger partial charge < -0.3 is 20.1 Å². The Morgan fingerprint density at radius 2 is 1.52 bits per heavy atom. The number of ether oxygens (including phenoxy) is 2. The maximum Gasteiger partial charge on any atom is 0.228 e. The summed E-state index contributed by atoms with van der Waals surface area (Å²) in [5.74, 6) is -2.66. The van der Waals surface area contributed by atoms with Crippen LogP contribution < -0.4 is 20.1 Å². The Balaban J connectivity index is 1.37. The lowest BCUT2D eigenvalue weighted by molar-refractivity contribution is -0.122. The molecule has 0 aromatic heterocycles. The second-order valence-electron chi connectivity index (χ2n) is 6.38. The number of carbonyl (C=O) groups is 2. The maximum absolute atomic E-state index is 13.6. The zero-order valence-corrected chi connectivity index (χ0v) is 14.1. The second-order valence-corrected chi connectivity index (χ2v) is 6.38. The highest BCUT2D eigenvalue weighted by Crippen LogP contribution is 2.41. The van der Waals surface area contributed by atoms with Crippen LogP contribution in [0.4, 0.5) is 20.2 Å². The van der Waals surface area contributed by atoms with Gasteiger partial charge in [0.05, 0.1) is 11.8 Å². The minimum Gasteiger partial charge on any atom is -0.486 e. The molecular weight excluding hydrogens is 358 g/mol. The van der Waals surface area contributed by atoms with Crippen LogP contribution in [0.1, 0.15) is 6.42 Å². The standard InChI is InChI=1S/C19H16F2N2O4/c20-13-2-1-3-14(21)17(13)23-19(25)12-9-11(12)18(24)22-10-4-5-15-16(8-10)27-7-6-26-15/h1-5,8,11-12H,6-7,9H2,(H,22,24)(H,23,25). The summed E-state index contributed by atoms with van der Waals surface area (Å²) in [6, 6.07) is 8.34. The molecule has 1 aliphatic heterocycles. The molecule has 4 rings (SSSR count). The van der Waals surface area contributed by atoms with Crippen molar-refractivity contribution < 1.29 is 27.8 Å². The number of fused-ring (bicyclic) bond motifs is 1. The maximum atomic E-state index is 13.6. The molecule has 0 saturated heterocycles. The smallest absolute Gasteiger partial charge is 0.228 e. The van der Waals surface area contributed by atoms with Gasteiger partial charge in [-0.15, -0.1) is 0 Å². The van der Waals surface area contributed by atoms with Gasteiger partial charge >= 0.3 is 0 Å². The van der Waals surface area contributed by atoms with Crippen molar-refractivity contribution in [1.82, 2.24) is 0 Å². The van der Waals surface area contributed by atoms with Gasteiger partial charge in [0.15, 0.2) is 11.5 Å². The molecule has 1 heterocycles. The van der Waals surface area contributed by atoms with E-state index in [0.29, 0.717) is 36.8 Å². The minimum atomic E-state index is -0.860. The van der Waals surface area contributed by atoms with Gasteiger partial charge in [0, 0.05) is 11.8 Å². The van der Waals surface area contributed by atoms with Crippen molar-refractivity contribution in [2.45, 2.75) is 6.42 Å². The van der Waals surface area contributed by atoms with E-state index >= 15 is 0 Å². The van der Waals surface area contributed by atoms with Gasteiger partial charge in [-0.05, 0) is 30.7 Å². The Kier molecular flexibility index (Phi) is 4.39. The van der Waals surface area contributed by atoms with E-state index in [0.717, 1.165) is 12.1 Å². The summed E-state index contributed by atoms with van der Waals surface area (Å²) < 4.78 is 38.1. The predicted molar refractivity (Wildman–Crippen MR) is 92.6 cm³/mol. The SMILES string of the molecule is O=C(Nc1ccc2c(c1)OCCO2)C1CC1C(=O)Nc1c(F)cccc1F. The molecule has 2 unspecified atom stereocenters. The van der Waals surface area contributed by atoms with Gasteiger partial charge in [-0.25, -0.2) is 8.78 Å². The number of hydrogen-bond acceptors (Lipinski definition) is 4. The topological polar surface area (TPSA) is 76.7 Å². The highest BCUT2D eigenvalue weighted by Gasteiger charge is 2.48. The Morgan fingerprint density at radius 1 is 0.889 bits per heavy atom. The van der Waals surface area contributed by atoms with E-state index in [4.69, 9.17) is 9.47 Å². The summed E-state index contributed by atoms with van der Waals surface area (Å²) in [7, 11) is 0. The third-order valence-corrected chi connectivity index (χ3v) is 4.48. The molecular formula is C19H16F2N2O4. The molecule has 1 aliphatic carbocycles. The van der Waals surface area contributed by atoms with Crippen LogP contribution in [0.25, 0.3) is 0 Å². The average Bonchev–Trinajstić information content (AvgIpc) is 3.46. The zero-order valence-electron chi connectivity index (χ0n) is 14.1. The number of rotatable bonds is 4. The average molecular weight is 374 g/mol. The van der Waals surface area contributed by atoms with E-state index in [-0.39, 0.29) is 5.91 Å². The van der Waals surface area contributed by atoms with Crippen molar-refractivity contribution in [2.24, 2.45) is 11.8 Å². The van der Waals surface area contributed by atoms with Gasteiger partial charge in [-0.1, -0.05) is 6.07 Å². The number of nitrogens with one attached hydrogen (secondary N) is 2. The molecule has 1 fully saturated rings. The van der Waals surface area contributed by atoms with Gasteiger partial charge in [0.1, 0.15) is 30.5 Å². The van der Waals surface area contributed by atoms with Crippen LogP contribution in [0.3, 0.4) is 0 Å². The van der Waals surface area contributed by atoms with Crippen molar-refractivity contribution in [2.75, 3.05) is 23.8 Å². The molecule has 140 valence electrons. The van der Waals surface area contributed by atoms with Crippen molar-refractivity contribution in [1.29, 1.82) is 0 Å². The molecule has 6 nitrogen and oxygen atoms in total. The molecule has 1 saturated carbocycles. The third kappa shape index (κ3) is 3.55. The summed E-state index contributed by atoms with van der Waals surface area (Å²) in [4.78, 5) is 24.5. The van der Waals surface area contributed by atoms with E-state index in [1.165, 1.54) is 6.07 Å². The van der Waals surface area contributed by atoms with E-state index in [2.05, 4.69) is 10.6 Å². The van der Waals surface area contributed by atoms with Crippen molar-refractivity contribution >= 4 is 23.2 Å². The van der Waals surface area contributed by atoms with Crippen LogP contribution in [0.5, 0.6) is 11.5 Å². The molecule has 2 amide bonds. The molecule has 2 aromatic rings. The second kappa shape index (κ2) is 6.86.